The fourth-order valence-electron chi connectivity index (χ4n) is 1.43. The number of benzene rings is 1. The number of aliphatic hydroxyl groups is 1. The van der Waals surface area contributed by atoms with Crippen molar-refractivity contribution < 1.29 is 14.2 Å². The Labute approximate surface area is 115 Å². The van der Waals surface area contributed by atoms with Crippen LogP contribution in [0, 0.1) is 5.82 Å². The van der Waals surface area contributed by atoms with Crippen molar-refractivity contribution in [3.05, 3.63) is 42.5 Å². The van der Waals surface area contributed by atoms with Crippen LogP contribution in [0.2, 0.25) is 0 Å². The fourth-order valence-corrected chi connectivity index (χ4v) is 2.27. The first-order valence-electron chi connectivity index (χ1n) is 5.81. The largest absolute Gasteiger partial charge is 0.491 e. The minimum atomic E-state index is -0.605. The Morgan fingerprint density at radius 3 is 2.79 bits per heavy atom. The molecule has 4 nitrogen and oxygen atoms in total. The number of hydrogen-bond donors (Lipinski definition) is 1. The van der Waals surface area contributed by atoms with Gasteiger partial charge in [-0.2, -0.15) is 0 Å². The lowest BCUT2D eigenvalue weighted by atomic mass is 10.3. The van der Waals surface area contributed by atoms with Crippen LogP contribution in [0.4, 0.5) is 4.39 Å². The average Bonchev–Trinajstić information content (AvgIpc) is 2.81. The molecule has 1 aromatic carbocycles. The van der Waals surface area contributed by atoms with Crippen molar-refractivity contribution in [1.29, 1.82) is 0 Å². The van der Waals surface area contributed by atoms with Crippen LogP contribution >= 0.6 is 11.8 Å². The molecule has 0 aliphatic carbocycles. The Bertz CT molecular complexity index is 516. The Balaban J connectivity index is 1.74. The molecular weight excluding hydrogens is 267 g/mol. The summed E-state index contributed by atoms with van der Waals surface area (Å²) in [6, 6.07) is 5.72. The molecule has 2 rings (SSSR count). The average molecular weight is 282 g/mol. The highest BCUT2D eigenvalue weighted by molar-refractivity contribution is 7.99. The van der Waals surface area contributed by atoms with Gasteiger partial charge in [0.1, 0.15) is 18.2 Å². The van der Waals surface area contributed by atoms with Crippen LogP contribution in [-0.4, -0.2) is 33.1 Å². The second kappa shape index (κ2) is 6.58. The first-order valence-corrected chi connectivity index (χ1v) is 6.80. The van der Waals surface area contributed by atoms with Gasteiger partial charge in [-0.25, -0.2) is 9.37 Å². The molecule has 0 saturated heterocycles. The lowest BCUT2D eigenvalue weighted by Gasteiger charge is -2.11. The van der Waals surface area contributed by atoms with Gasteiger partial charge in [-0.15, -0.1) is 0 Å². The molecule has 1 heterocycles. The summed E-state index contributed by atoms with van der Waals surface area (Å²) in [5.74, 6) is 0.729. The van der Waals surface area contributed by atoms with E-state index in [2.05, 4.69) is 4.98 Å². The molecule has 0 aliphatic rings. The number of rotatable bonds is 6. The molecule has 6 heteroatoms. The molecule has 19 heavy (non-hydrogen) atoms. The Hall–Kier alpha value is -1.53. The number of ether oxygens (including phenoxy) is 1. The fraction of sp³-hybridized carbons (Fsp3) is 0.308. The van der Waals surface area contributed by atoms with E-state index in [1.165, 1.54) is 36.0 Å². The molecule has 0 saturated carbocycles. The zero-order chi connectivity index (χ0) is 13.7. The topological polar surface area (TPSA) is 47.3 Å². The third-order valence-corrected chi connectivity index (χ3v) is 3.64. The highest BCUT2D eigenvalue weighted by atomic mass is 32.2. The molecule has 1 aromatic heterocycles. The zero-order valence-electron chi connectivity index (χ0n) is 10.5. The van der Waals surface area contributed by atoms with Crippen molar-refractivity contribution in [2.45, 2.75) is 11.3 Å². The van der Waals surface area contributed by atoms with Crippen LogP contribution in [0.15, 0.2) is 41.8 Å². The number of thioether (sulfide) groups is 1. The molecule has 0 amide bonds. The third-order valence-electron chi connectivity index (χ3n) is 2.44. The molecule has 1 unspecified atom stereocenters. The van der Waals surface area contributed by atoms with Crippen LogP contribution in [0.3, 0.4) is 0 Å². The van der Waals surface area contributed by atoms with E-state index in [0.717, 1.165) is 5.16 Å². The van der Waals surface area contributed by atoms with Gasteiger partial charge >= 0.3 is 0 Å². The second-order valence-corrected chi connectivity index (χ2v) is 5.04. The minimum Gasteiger partial charge on any atom is -0.491 e. The number of hydrogen-bond acceptors (Lipinski definition) is 4. The van der Waals surface area contributed by atoms with Crippen LogP contribution in [0.25, 0.3) is 0 Å². The van der Waals surface area contributed by atoms with Crippen LogP contribution in [0.5, 0.6) is 5.75 Å². The van der Waals surface area contributed by atoms with Crippen molar-refractivity contribution in [3.8, 4) is 5.75 Å². The van der Waals surface area contributed by atoms with Crippen molar-refractivity contribution in [2.75, 3.05) is 12.4 Å². The molecule has 0 fully saturated rings. The van der Waals surface area contributed by atoms with Crippen LogP contribution < -0.4 is 4.74 Å². The number of halogens is 1. The standard InChI is InChI=1S/C13H15FN2O2S/c1-16-7-6-15-13(16)19-9-11(17)8-18-12-4-2-10(14)3-5-12/h2-7,11,17H,8-9H2,1H3. The maximum Gasteiger partial charge on any atom is 0.167 e. The summed E-state index contributed by atoms with van der Waals surface area (Å²) in [6.07, 6.45) is 2.96. The van der Waals surface area contributed by atoms with Crippen molar-refractivity contribution in [2.24, 2.45) is 7.05 Å². The predicted octanol–water partition coefficient (Wildman–Crippen LogP) is 2.09. The van der Waals surface area contributed by atoms with Gasteiger partial charge in [0.05, 0.1) is 6.10 Å². The first kappa shape index (κ1) is 13.9. The predicted molar refractivity (Wildman–Crippen MR) is 71.8 cm³/mol. The molecular formula is C13H15FN2O2S. The monoisotopic (exact) mass is 282 g/mol. The van der Waals surface area contributed by atoms with Crippen LogP contribution in [0.1, 0.15) is 0 Å². The maximum absolute atomic E-state index is 12.7. The molecule has 0 spiro atoms. The normalized spacial score (nSPS) is 12.4. The van der Waals surface area contributed by atoms with E-state index < -0.39 is 6.10 Å². The van der Waals surface area contributed by atoms with E-state index in [1.807, 2.05) is 17.8 Å². The molecule has 2 aromatic rings. The second-order valence-electron chi connectivity index (χ2n) is 4.05. The smallest absolute Gasteiger partial charge is 0.167 e. The molecule has 0 aliphatic heterocycles. The summed E-state index contributed by atoms with van der Waals surface area (Å²) in [4.78, 5) is 4.15. The number of nitrogens with zero attached hydrogens (tertiary/aromatic N) is 2. The summed E-state index contributed by atoms with van der Waals surface area (Å²) in [6.45, 7) is 0.170. The van der Waals surface area contributed by atoms with E-state index in [1.54, 1.807) is 6.20 Å². The minimum absolute atomic E-state index is 0.170. The van der Waals surface area contributed by atoms with Gasteiger partial charge in [0.2, 0.25) is 0 Å². The summed E-state index contributed by atoms with van der Waals surface area (Å²) in [7, 11) is 1.90. The third kappa shape index (κ3) is 4.25. The van der Waals surface area contributed by atoms with Gasteiger partial charge in [-0.3, -0.25) is 0 Å². The van der Waals surface area contributed by atoms with Gasteiger partial charge < -0.3 is 14.4 Å². The molecule has 1 atom stereocenters. The molecule has 0 radical (unpaired) electrons. The zero-order valence-corrected chi connectivity index (χ0v) is 11.3. The van der Waals surface area contributed by atoms with Crippen LogP contribution in [-0.2, 0) is 7.05 Å². The lowest BCUT2D eigenvalue weighted by molar-refractivity contribution is 0.126. The van der Waals surface area contributed by atoms with Gasteiger partial charge in [0, 0.05) is 25.2 Å². The van der Waals surface area contributed by atoms with E-state index >= 15 is 0 Å². The van der Waals surface area contributed by atoms with E-state index in [9.17, 15) is 9.50 Å². The van der Waals surface area contributed by atoms with Gasteiger partial charge in [0.15, 0.2) is 5.16 Å². The SMILES string of the molecule is Cn1ccnc1SCC(O)COc1ccc(F)cc1. The summed E-state index contributed by atoms with van der Waals surface area (Å²) in [5.41, 5.74) is 0. The van der Waals surface area contributed by atoms with E-state index in [4.69, 9.17) is 4.74 Å². The molecule has 102 valence electrons. The highest BCUT2D eigenvalue weighted by Gasteiger charge is 2.08. The Morgan fingerprint density at radius 2 is 2.16 bits per heavy atom. The maximum atomic E-state index is 12.7. The number of aromatic nitrogens is 2. The Morgan fingerprint density at radius 1 is 1.42 bits per heavy atom. The molecule has 1 N–H and O–H groups in total. The van der Waals surface area contributed by atoms with Gasteiger partial charge in [-0.05, 0) is 24.3 Å². The van der Waals surface area contributed by atoms with Crippen molar-refractivity contribution in [1.82, 2.24) is 9.55 Å². The number of aryl methyl sites for hydroxylation is 1. The summed E-state index contributed by atoms with van der Waals surface area (Å²) < 4.78 is 19.9. The Kier molecular flexibility index (Phi) is 4.81. The van der Waals surface area contributed by atoms with Gasteiger partial charge in [-0.1, -0.05) is 11.8 Å². The molecule has 0 bridgehead atoms. The lowest BCUT2D eigenvalue weighted by Crippen LogP contribution is -2.20. The highest BCUT2D eigenvalue weighted by Crippen LogP contribution is 2.16. The summed E-state index contributed by atoms with van der Waals surface area (Å²) >= 11 is 1.46. The summed E-state index contributed by atoms with van der Waals surface area (Å²) in [5, 5.41) is 10.6. The number of imidazole rings is 1. The van der Waals surface area contributed by atoms with Crippen molar-refractivity contribution >= 4 is 11.8 Å². The van der Waals surface area contributed by atoms with Gasteiger partial charge in [0.25, 0.3) is 0 Å². The van der Waals surface area contributed by atoms with Crippen molar-refractivity contribution in [3.63, 3.8) is 0 Å². The van der Waals surface area contributed by atoms with E-state index in [0.29, 0.717) is 11.5 Å². The van der Waals surface area contributed by atoms with E-state index in [-0.39, 0.29) is 12.4 Å². The first-order chi connectivity index (χ1) is 9.15. The number of aliphatic hydroxyl groups excluding tert-OH is 1. The quantitative estimate of drug-likeness (QED) is 0.824.